The van der Waals surface area contributed by atoms with Crippen LogP contribution in [0, 0.1) is 0 Å². The van der Waals surface area contributed by atoms with Crippen molar-refractivity contribution in [3.63, 3.8) is 0 Å². The number of aromatic amines is 1. The van der Waals surface area contributed by atoms with Gasteiger partial charge in [-0.15, -0.1) is 11.3 Å². The van der Waals surface area contributed by atoms with Crippen LogP contribution in [-0.4, -0.2) is 27.9 Å². The van der Waals surface area contributed by atoms with E-state index in [0.717, 1.165) is 28.6 Å². The molecular formula is C20H17N3O3S. The molecule has 2 heterocycles. The molecule has 2 aromatic carbocycles. The van der Waals surface area contributed by atoms with Crippen molar-refractivity contribution in [2.75, 3.05) is 6.61 Å². The summed E-state index contributed by atoms with van der Waals surface area (Å²) >= 11 is 1.37. The second kappa shape index (κ2) is 7.59. The molecule has 0 atom stereocenters. The monoisotopic (exact) mass is 379 g/mol. The zero-order chi connectivity index (χ0) is 18.6. The van der Waals surface area contributed by atoms with Gasteiger partial charge in [0.25, 0.3) is 0 Å². The third-order valence-electron chi connectivity index (χ3n) is 4.05. The van der Waals surface area contributed by atoms with E-state index in [-0.39, 0.29) is 12.5 Å². The van der Waals surface area contributed by atoms with E-state index in [1.165, 1.54) is 16.9 Å². The van der Waals surface area contributed by atoms with Crippen molar-refractivity contribution < 1.29 is 14.3 Å². The number of ether oxygens (including phenoxy) is 2. The van der Waals surface area contributed by atoms with E-state index in [1.807, 2.05) is 30.3 Å². The highest BCUT2D eigenvalue weighted by Gasteiger charge is 2.17. The normalized spacial score (nSPS) is 10.9. The smallest absolute Gasteiger partial charge is 0.434 e. The maximum atomic E-state index is 11.5. The Labute approximate surface area is 159 Å². The lowest BCUT2D eigenvalue weighted by Crippen LogP contribution is -2.10. The molecule has 0 spiro atoms. The summed E-state index contributed by atoms with van der Waals surface area (Å²) in [5.74, 6) is 0.213. The zero-order valence-electron chi connectivity index (χ0n) is 14.6. The minimum absolute atomic E-state index is 0.213. The minimum Gasteiger partial charge on any atom is -0.434 e. The van der Waals surface area contributed by atoms with Gasteiger partial charge in [-0.05, 0) is 30.5 Å². The Bertz CT molecular complexity index is 1070. The second-order valence-corrected chi connectivity index (χ2v) is 6.71. The fraction of sp³-hybridized carbons (Fsp3) is 0.150. The van der Waals surface area contributed by atoms with Crippen molar-refractivity contribution >= 4 is 28.4 Å². The predicted octanol–water partition coefficient (Wildman–Crippen LogP) is 4.81. The van der Waals surface area contributed by atoms with Gasteiger partial charge in [0.15, 0.2) is 0 Å². The summed E-state index contributed by atoms with van der Waals surface area (Å²) in [5, 5.41) is 10.9. The maximum absolute atomic E-state index is 11.5. The van der Waals surface area contributed by atoms with Crippen molar-refractivity contribution in [3.05, 3.63) is 65.0 Å². The first kappa shape index (κ1) is 17.2. The lowest BCUT2D eigenvalue weighted by atomic mass is 10.0. The second-order valence-electron chi connectivity index (χ2n) is 5.85. The van der Waals surface area contributed by atoms with Crippen molar-refractivity contribution in [2.24, 2.45) is 0 Å². The number of benzene rings is 2. The first-order valence-electron chi connectivity index (χ1n) is 8.55. The van der Waals surface area contributed by atoms with Gasteiger partial charge < -0.3 is 9.47 Å². The Kier molecular flexibility index (Phi) is 4.84. The lowest BCUT2D eigenvalue weighted by Gasteiger charge is -2.05. The molecule has 4 rings (SSSR count). The number of fused-ring (bicyclic) bond motifs is 1. The molecule has 0 aliphatic carbocycles. The highest BCUT2D eigenvalue weighted by atomic mass is 32.1. The van der Waals surface area contributed by atoms with Crippen LogP contribution in [0.25, 0.3) is 21.6 Å². The predicted molar refractivity (Wildman–Crippen MR) is 104 cm³/mol. The Morgan fingerprint density at radius 2 is 2.00 bits per heavy atom. The number of rotatable bonds is 5. The molecule has 0 fully saturated rings. The Morgan fingerprint density at radius 1 is 1.15 bits per heavy atom. The topological polar surface area (TPSA) is 77.1 Å². The number of aromatic nitrogens is 3. The molecule has 4 aromatic rings. The largest absolute Gasteiger partial charge is 0.515 e. The molecule has 27 heavy (non-hydrogen) atoms. The van der Waals surface area contributed by atoms with Crippen LogP contribution < -0.4 is 4.74 Å². The summed E-state index contributed by atoms with van der Waals surface area (Å²) < 4.78 is 9.85. The SMILES string of the molecule is CCOC(=O)Oc1csc(-c2n[nH]c3cccc(Cc4ccccc4)c23)n1. The molecular weight excluding hydrogens is 362 g/mol. The third-order valence-corrected chi connectivity index (χ3v) is 4.88. The van der Waals surface area contributed by atoms with Gasteiger partial charge in [-0.2, -0.15) is 10.1 Å². The van der Waals surface area contributed by atoms with E-state index >= 15 is 0 Å². The highest BCUT2D eigenvalue weighted by molar-refractivity contribution is 7.13. The Balaban J connectivity index is 1.69. The van der Waals surface area contributed by atoms with Crippen LogP contribution in [0.15, 0.2) is 53.9 Å². The number of H-pyrrole nitrogens is 1. The third kappa shape index (κ3) is 3.68. The average Bonchev–Trinajstić information content (AvgIpc) is 3.30. The molecule has 0 saturated heterocycles. The van der Waals surface area contributed by atoms with E-state index in [9.17, 15) is 4.79 Å². The van der Waals surface area contributed by atoms with Crippen LogP contribution in [0.3, 0.4) is 0 Å². The number of carbonyl (C=O) groups is 1. The number of hydrogen-bond acceptors (Lipinski definition) is 6. The molecule has 1 N–H and O–H groups in total. The number of hydrogen-bond donors (Lipinski definition) is 1. The van der Waals surface area contributed by atoms with Crippen LogP contribution >= 0.6 is 11.3 Å². The number of nitrogens with zero attached hydrogens (tertiary/aromatic N) is 2. The molecule has 0 radical (unpaired) electrons. The van der Waals surface area contributed by atoms with Gasteiger partial charge in [-0.3, -0.25) is 5.10 Å². The van der Waals surface area contributed by atoms with Crippen LogP contribution in [-0.2, 0) is 11.2 Å². The summed E-state index contributed by atoms with van der Waals surface area (Å²) in [6.45, 7) is 1.97. The summed E-state index contributed by atoms with van der Waals surface area (Å²) in [6, 6.07) is 16.4. The highest BCUT2D eigenvalue weighted by Crippen LogP contribution is 2.33. The maximum Gasteiger partial charge on any atom is 0.515 e. The number of carbonyl (C=O) groups excluding carboxylic acids is 1. The van der Waals surface area contributed by atoms with Crippen molar-refractivity contribution in [3.8, 4) is 16.6 Å². The summed E-state index contributed by atoms with van der Waals surface area (Å²) in [6.07, 6.45) is 0.0356. The standard InChI is InChI=1S/C20H17N3O3S/c1-2-25-20(24)26-16-12-27-19(21-16)18-17-14(9-6-10-15(17)22-23-18)11-13-7-4-3-5-8-13/h3-10,12H,2,11H2,1H3,(H,22,23). The van der Waals surface area contributed by atoms with Crippen LogP contribution in [0.2, 0.25) is 0 Å². The van der Waals surface area contributed by atoms with Gasteiger partial charge in [0.05, 0.1) is 17.5 Å². The summed E-state index contributed by atoms with van der Waals surface area (Å²) in [4.78, 5) is 15.9. The molecule has 0 aliphatic heterocycles. The molecule has 0 saturated carbocycles. The van der Waals surface area contributed by atoms with E-state index in [0.29, 0.717) is 5.01 Å². The molecule has 7 heteroatoms. The van der Waals surface area contributed by atoms with Gasteiger partial charge in [0.1, 0.15) is 10.7 Å². The first-order chi connectivity index (χ1) is 13.2. The van der Waals surface area contributed by atoms with Crippen LogP contribution in [0.5, 0.6) is 5.88 Å². The molecule has 6 nitrogen and oxygen atoms in total. The van der Waals surface area contributed by atoms with Gasteiger partial charge in [0, 0.05) is 5.39 Å². The van der Waals surface area contributed by atoms with Gasteiger partial charge in [-0.1, -0.05) is 42.5 Å². The molecule has 0 unspecified atom stereocenters. The Hall–Kier alpha value is -3.19. The fourth-order valence-corrected chi connectivity index (χ4v) is 3.63. The molecule has 2 aromatic heterocycles. The van der Waals surface area contributed by atoms with E-state index in [2.05, 4.69) is 33.4 Å². The average molecular weight is 379 g/mol. The molecule has 0 amide bonds. The summed E-state index contributed by atoms with van der Waals surface area (Å²) in [7, 11) is 0. The van der Waals surface area contributed by atoms with Crippen molar-refractivity contribution in [1.29, 1.82) is 0 Å². The number of nitrogens with one attached hydrogen (secondary N) is 1. The van der Waals surface area contributed by atoms with Gasteiger partial charge >= 0.3 is 6.16 Å². The molecule has 136 valence electrons. The van der Waals surface area contributed by atoms with Crippen molar-refractivity contribution in [1.82, 2.24) is 15.2 Å². The van der Waals surface area contributed by atoms with E-state index < -0.39 is 6.16 Å². The van der Waals surface area contributed by atoms with Gasteiger partial charge in [-0.25, -0.2) is 4.79 Å². The lowest BCUT2D eigenvalue weighted by molar-refractivity contribution is 0.103. The Morgan fingerprint density at radius 3 is 2.81 bits per heavy atom. The van der Waals surface area contributed by atoms with Gasteiger partial charge in [0.2, 0.25) is 5.88 Å². The quantitative estimate of drug-likeness (QED) is 0.503. The number of thiazole rings is 1. The van der Waals surface area contributed by atoms with Crippen LogP contribution in [0.4, 0.5) is 4.79 Å². The first-order valence-corrected chi connectivity index (χ1v) is 9.43. The molecule has 0 aliphatic rings. The van der Waals surface area contributed by atoms with E-state index in [4.69, 9.17) is 9.47 Å². The molecule has 0 bridgehead atoms. The summed E-state index contributed by atoms with van der Waals surface area (Å²) in [5.41, 5.74) is 4.08. The zero-order valence-corrected chi connectivity index (χ0v) is 15.5. The minimum atomic E-state index is -0.758. The van der Waals surface area contributed by atoms with E-state index in [1.54, 1.807) is 12.3 Å². The fourth-order valence-electron chi connectivity index (χ4n) is 2.91. The van der Waals surface area contributed by atoms with Crippen LogP contribution in [0.1, 0.15) is 18.1 Å². The van der Waals surface area contributed by atoms with Crippen molar-refractivity contribution in [2.45, 2.75) is 13.3 Å².